The standard InChI is InChI=1S/C60H84O12/c1-16-22-25-40(19-4)32-70-49-30-47(66-12)43(28-45(49)58(61)62)51-35(7)52(44-29-46(60(65)69-15)50(31-48(44)67-13)71-33-41(20-5)26-23-17-2)37(9)53(36(51)8)54-38(10)55(59(63)64)57(39(11)56(54)68-14)72-34-42(21-6)27-24-18-3/h28-31,40-42H,16-27,32-34H2,1-15H3,(H,61,62)(H,63,64). The van der Waals surface area contributed by atoms with E-state index in [9.17, 15) is 24.6 Å². The smallest absolute Gasteiger partial charge is 0.341 e. The van der Waals surface area contributed by atoms with E-state index in [1.165, 1.54) is 14.2 Å². The fourth-order valence-corrected chi connectivity index (χ4v) is 10.2. The van der Waals surface area contributed by atoms with Crippen LogP contribution in [-0.4, -0.2) is 76.4 Å². The van der Waals surface area contributed by atoms with Crippen molar-refractivity contribution in [1.29, 1.82) is 0 Å². The third kappa shape index (κ3) is 13.2. The number of methoxy groups -OCH3 is 4. The zero-order chi connectivity index (χ0) is 53.4. The van der Waals surface area contributed by atoms with Crippen LogP contribution in [0.5, 0.6) is 34.5 Å². The predicted molar refractivity (Wildman–Crippen MR) is 288 cm³/mol. The van der Waals surface area contributed by atoms with E-state index in [1.807, 2.05) is 27.7 Å². The molecule has 0 aliphatic heterocycles. The molecule has 0 aliphatic carbocycles. The van der Waals surface area contributed by atoms with Gasteiger partial charge in [0.2, 0.25) is 0 Å². The number of carboxylic acids is 2. The summed E-state index contributed by atoms with van der Waals surface area (Å²) in [6.07, 6.45) is 11.9. The Kier molecular flexibility index (Phi) is 22.6. The van der Waals surface area contributed by atoms with E-state index in [0.29, 0.717) is 104 Å². The van der Waals surface area contributed by atoms with Gasteiger partial charge in [0.05, 0.1) is 48.3 Å². The van der Waals surface area contributed by atoms with E-state index >= 15 is 0 Å². The number of ether oxygens (including phenoxy) is 7. The van der Waals surface area contributed by atoms with Crippen molar-refractivity contribution in [1.82, 2.24) is 0 Å². The van der Waals surface area contributed by atoms with Crippen LogP contribution in [-0.2, 0) is 4.74 Å². The van der Waals surface area contributed by atoms with Crippen LogP contribution in [0.4, 0.5) is 0 Å². The lowest BCUT2D eigenvalue weighted by Gasteiger charge is -2.29. The SMILES string of the molecule is CCCCC(CC)COc1cc(OC)c(-c2c(C)c(-c3cc(C(=O)OC)c(OCC(CC)CCCC)cc3OC)c(C)c(-c3c(C)c(C(=O)O)c(OCC(CC)CCCC)c(C)c3OC)c2C)cc1C(=O)O. The molecule has 4 rings (SSSR count). The maximum atomic E-state index is 13.8. The number of unbranched alkanes of at least 4 members (excludes halogenated alkanes) is 3. The van der Waals surface area contributed by atoms with Crippen LogP contribution in [0.1, 0.15) is 177 Å². The van der Waals surface area contributed by atoms with Crippen molar-refractivity contribution < 1.29 is 57.8 Å². The van der Waals surface area contributed by atoms with Crippen LogP contribution in [0, 0.1) is 52.4 Å². The fourth-order valence-electron chi connectivity index (χ4n) is 10.2. The van der Waals surface area contributed by atoms with Gasteiger partial charge in [-0.05, 0) is 123 Å². The number of benzene rings is 4. The van der Waals surface area contributed by atoms with Crippen LogP contribution >= 0.6 is 0 Å². The highest BCUT2D eigenvalue weighted by atomic mass is 16.5. The van der Waals surface area contributed by atoms with Crippen molar-refractivity contribution >= 4 is 17.9 Å². The number of hydrogen-bond donors (Lipinski definition) is 2. The molecule has 4 aromatic carbocycles. The molecular formula is C60H84O12. The molecule has 0 radical (unpaired) electrons. The summed E-state index contributed by atoms with van der Waals surface area (Å²) in [5, 5.41) is 21.9. The Morgan fingerprint density at radius 3 is 1.25 bits per heavy atom. The van der Waals surface area contributed by atoms with E-state index < -0.39 is 17.9 Å². The van der Waals surface area contributed by atoms with E-state index in [0.717, 1.165) is 77.0 Å². The van der Waals surface area contributed by atoms with Crippen molar-refractivity contribution in [3.63, 3.8) is 0 Å². The molecular weight excluding hydrogens is 913 g/mol. The van der Waals surface area contributed by atoms with E-state index in [2.05, 4.69) is 41.5 Å². The molecule has 0 spiro atoms. The van der Waals surface area contributed by atoms with Crippen molar-refractivity contribution in [2.75, 3.05) is 48.3 Å². The number of hydrogen-bond acceptors (Lipinski definition) is 10. The average Bonchev–Trinajstić information content (AvgIpc) is 3.37. The largest absolute Gasteiger partial charge is 0.496 e. The maximum Gasteiger partial charge on any atom is 0.341 e. The molecule has 12 nitrogen and oxygen atoms in total. The first-order valence-corrected chi connectivity index (χ1v) is 26.2. The molecule has 0 fully saturated rings. The van der Waals surface area contributed by atoms with Crippen molar-refractivity contribution in [3.05, 3.63) is 68.8 Å². The third-order valence-corrected chi connectivity index (χ3v) is 14.6. The molecule has 2 N–H and O–H groups in total. The van der Waals surface area contributed by atoms with Crippen molar-refractivity contribution in [2.45, 2.75) is 153 Å². The predicted octanol–water partition coefficient (Wildman–Crippen LogP) is 15.2. The van der Waals surface area contributed by atoms with Crippen LogP contribution in [0.2, 0.25) is 0 Å². The Morgan fingerprint density at radius 1 is 0.458 bits per heavy atom. The summed E-state index contributed by atoms with van der Waals surface area (Å²) in [4.78, 5) is 40.7. The van der Waals surface area contributed by atoms with Gasteiger partial charge in [0.25, 0.3) is 0 Å². The van der Waals surface area contributed by atoms with Gasteiger partial charge in [0.1, 0.15) is 51.2 Å². The highest BCUT2D eigenvalue weighted by molar-refractivity contribution is 6.03. The van der Waals surface area contributed by atoms with Crippen molar-refractivity contribution in [3.8, 4) is 67.9 Å². The minimum Gasteiger partial charge on any atom is -0.496 e. The number of carbonyl (C=O) groups excluding carboxylic acids is 1. The summed E-state index contributed by atoms with van der Waals surface area (Å²) < 4.78 is 43.4. The fraction of sp³-hybridized carbons (Fsp3) is 0.550. The van der Waals surface area contributed by atoms with E-state index in [1.54, 1.807) is 45.4 Å². The monoisotopic (exact) mass is 997 g/mol. The number of carbonyl (C=O) groups is 3. The molecule has 0 saturated heterocycles. The molecule has 0 bridgehead atoms. The first kappa shape index (κ1) is 58.7. The Balaban J connectivity index is 2.24. The van der Waals surface area contributed by atoms with Crippen LogP contribution in [0.15, 0.2) is 24.3 Å². The van der Waals surface area contributed by atoms with Gasteiger partial charge >= 0.3 is 17.9 Å². The second kappa shape index (κ2) is 27.8. The Morgan fingerprint density at radius 2 is 0.875 bits per heavy atom. The molecule has 12 heteroatoms. The third-order valence-electron chi connectivity index (χ3n) is 14.6. The summed E-state index contributed by atoms with van der Waals surface area (Å²) in [7, 11) is 5.99. The van der Waals surface area contributed by atoms with E-state index in [4.69, 9.17) is 33.2 Å². The van der Waals surface area contributed by atoms with Gasteiger partial charge in [-0.15, -0.1) is 0 Å². The summed E-state index contributed by atoms with van der Waals surface area (Å²) in [6, 6.07) is 6.68. The van der Waals surface area contributed by atoms with Gasteiger partial charge < -0.3 is 43.4 Å². The highest BCUT2D eigenvalue weighted by Crippen LogP contribution is 2.53. The van der Waals surface area contributed by atoms with E-state index in [-0.39, 0.29) is 45.9 Å². The van der Waals surface area contributed by atoms with Gasteiger partial charge in [-0.3, -0.25) is 0 Å². The number of rotatable bonds is 30. The van der Waals surface area contributed by atoms with Gasteiger partial charge in [-0.25, -0.2) is 14.4 Å². The summed E-state index contributed by atoms with van der Waals surface area (Å²) in [5.74, 6) is -0.220. The maximum absolute atomic E-state index is 13.8. The molecule has 396 valence electrons. The summed E-state index contributed by atoms with van der Waals surface area (Å²) in [5.41, 5.74) is 6.65. The second-order valence-corrected chi connectivity index (χ2v) is 19.2. The first-order valence-electron chi connectivity index (χ1n) is 26.2. The lowest BCUT2D eigenvalue weighted by molar-refractivity contribution is 0.0593. The number of esters is 1. The molecule has 0 heterocycles. The second-order valence-electron chi connectivity index (χ2n) is 19.2. The molecule has 3 atom stereocenters. The molecule has 0 amide bonds. The van der Waals surface area contributed by atoms with Gasteiger partial charge in [0, 0.05) is 34.4 Å². The zero-order valence-corrected chi connectivity index (χ0v) is 46.1. The van der Waals surface area contributed by atoms with Gasteiger partial charge in [-0.2, -0.15) is 0 Å². The van der Waals surface area contributed by atoms with Crippen molar-refractivity contribution in [2.24, 2.45) is 17.8 Å². The Labute approximate surface area is 430 Å². The minimum atomic E-state index is -1.17. The first-order chi connectivity index (χ1) is 34.5. The number of carboxylic acid groups (broad SMARTS) is 2. The Hall–Kier alpha value is -5.91. The Bertz CT molecular complexity index is 2500. The molecule has 3 unspecified atom stereocenters. The topological polar surface area (TPSA) is 156 Å². The van der Waals surface area contributed by atoms with Crippen LogP contribution in [0.3, 0.4) is 0 Å². The molecule has 4 aromatic rings. The molecule has 0 aliphatic rings. The van der Waals surface area contributed by atoms with Crippen LogP contribution < -0.4 is 28.4 Å². The van der Waals surface area contributed by atoms with Crippen LogP contribution in [0.25, 0.3) is 33.4 Å². The summed E-state index contributed by atoms with van der Waals surface area (Å²) >= 11 is 0. The summed E-state index contributed by atoms with van der Waals surface area (Å²) in [6.45, 7) is 23.3. The average molecular weight is 997 g/mol. The van der Waals surface area contributed by atoms with Gasteiger partial charge in [-0.1, -0.05) is 99.3 Å². The zero-order valence-electron chi connectivity index (χ0n) is 46.1. The van der Waals surface area contributed by atoms with Gasteiger partial charge in [0.15, 0.2) is 0 Å². The molecule has 72 heavy (non-hydrogen) atoms. The highest BCUT2D eigenvalue weighted by Gasteiger charge is 2.33. The quantitative estimate of drug-likeness (QED) is 0.0477. The minimum absolute atomic E-state index is 0.0177. The lowest BCUT2D eigenvalue weighted by Crippen LogP contribution is -2.16. The lowest BCUT2D eigenvalue weighted by atomic mass is 9.78. The molecule has 0 saturated carbocycles. The normalized spacial score (nSPS) is 12.5. The molecule has 0 aromatic heterocycles. The number of aromatic carboxylic acids is 2.